The van der Waals surface area contributed by atoms with Crippen LogP contribution in [0.25, 0.3) is 275 Å². The third-order valence-electron chi connectivity index (χ3n) is 27.4. The van der Waals surface area contributed by atoms with E-state index < -0.39 is 0 Å². The lowest BCUT2D eigenvalue weighted by Gasteiger charge is -2.12. The zero-order valence-electron chi connectivity index (χ0n) is 77.9. The predicted molar refractivity (Wildman–Crippen MR) is 601 cm³/mol. The molecule has 12 nitrogen and oxygen atoms in total. The highest BCUT2D eigenvalue weighted by Crippen LogP contribution is 2.48. The summed E-state index contributed by atoms with van der Waals surface area (Å²) in [6.45, 7) is 0. The van der Waals surface area contributed by atoms with Gasteiger partial charge in [-0.25, -0.2) is 44.9 Å². The molecule has 21 aromatic carbocycles. The summed E-state index contributed by atoms with van der Waals surface area (Å²) < 4.78 is 16.5. The number of para-hydroxylation sites is 4. The smallest absolute Gasteiger partial charge is 0.164 e. The van der Waals surface area contributed by atoms with E-state index >= 15 is 0 Å². The summed E-state index contributed by atoms with van der Waals surface area (Å²) in [6.07, 6.45) is 0. The molecular weight excluding hydrogens is 1810 g/mol. The number of fused-ring (bicyclic) bond motifs is 20. The minimum absolute atomic E-state index is 0.630. The minimum Gasteiger partial charge on any atom is -0.455 e. The molecule has 0 amide bonds. The summed E-state index contributed by atoms with van der Waals surface area (Å²) >= 11 is 3.73. The largest absolute Gasteiger partial charge is 0.455 e. The van der Waals surface area contributed by atoms with Crippen LogP contribution >= 0.6 is 22.7 Å². The Bertz CT molecular complexity index is 9930. The Balaban J connectivity index is 0.000000109. The fraction of sp³-hybridized carbons (Fsp3) is 0. The van der Waals surface area contributed by atoms with Crippen molar-refractivity contribution in [3.8, 4) is 147 Å². The maximum Gasteiger partial charge on any atom is 0.164 e. The van der Waals surface area contributed by atoms with E-state index in [1.165, 1.54) is 94.5 Å². The van der Waals surface area contributed by atoms with E-state index in [0.717, 1.165) is 128 Å². The molecular formula is C131H81N11OS2. The van der Waals surface area contributed by atoms with Crippen molar-refractivity contribution in [1.82, 2.24) is 54.0 Å². The van der Waals surface area contributed by atoms with Gasteiger partial charge >= 0.3 is 0 Å². The van der Waals surface area contributed by atoms with Gasteiger partial charge in [0.25, 0.3) is 0 Å². The van der Waals surface area contributed by atoms with Crippen LogP contribution in [0.2, 0.25) is 0 Å². The fourth-order valence-corrected chi connectivity index (χ4v) is 22.9. The van der Waals surface area contributed by atoms with Crippen molar-refractivity contribution < 1.29 is 4.42 Å². The first-order valence-corrected chi connectivity index (χ1v) is 50.1. The first kappa shape index (κ1) is 85.2. The Hall–Kier alpha value is -19.0. The highest BCUT2D eigenvalue weighted by molar-refractivity contribution is 7.27. The van der Waals surface area contributed by atoms with Gasteiger partial charge in [0.2, 0.25) is 0 Å². The van der Waals surface area contributed by atoms with E-state index in [-0.39, 0.29) is 0 Å². The summed E-state index contributed by atoms with van der Waals surface area (Å²) in [5.74, 6) is 5.85. The average molecular weight is 1890 g/mol. The molecule has 0 saturated carbocycles. The monoisotopic (exact) mass is 1890 g/mol. The van der Waals surface area contributed by atoms with Crippen molar-refractivity contribution >= 4 is 150 Å². The topological polar surface area (TPSA) is 139 Å². The fourth-order valence-electron chi connectivity index (χ4n) is 20.5. The standard InChI is InChI=1S/C51H32N4O.C41H25N3S.C39H24N4S/c1-3-14-33(15-4-1)49-52-50(34-16-5-2-6-17-34)54-51(53-49)38-20-11-18-35(30-38)36-19-12-21-39(31-36)55-45-26-9-7-22-41(45)42-29-28-37(32-46(42)55)40-24-13-25-44-43-23-8-10-27-47(43)56-48(40)44;1-3-10-27(11-4-1)39-42-40(28-12-5-2-6-13-28)44-41(43-39)32-15-9-14-29(25-32)30-20-22-33-31(24-30)19-18-26-21-23-36-38(37(26)33)34-16-7-8-17-35(34)45-36;1-3-12-25(13-4-1)37-40-38(26-14-5-2-6-15-26)42-39(41-37)27-16-11-17-28(24-27)43-33-20-9-7-18-29(33)31-22-23-32-30-19-8-10-21-34(30)44-36(32)35(31)43/h1-32H;1-25H;1-24H. The van der Waals surface area contributed by atoms with Crippen molar-refractivity contribution in [1.29, 1.82) is 0 Å². The van der Waals surface area contributed by atoms with Crippen molar-refractivity contribution in [2.45, 2.75) is 0 Å². The number of aromatic nitrogens is 11. The molecule has 0 unspecified atom stereocenters. The molecule has 0 aliphatic rings. The van der Waals surface area contributed by atoms with E-state index in [9.17, 15) is 0 Å². The van der Waals surface area contributed by atoms with Crippen molar-refractivity contribution in [2.75, 3.05) is 0 Å². The molecule has 145 heavy (non-hydrogen) atoms. The Labute approximate surface area is 840 Å². The van der Waals surface area contributed by atoms with Crippen LogP contribution in [0.3, 0.4) is 0 Å². The molecule has 0 atom stereocenters. The maximum absolute atomic E-state index is 6.47. The molecule has 29 rings (SSSR count). The van der Waals surface area contributed by atoms with Gasteiger partial charge in [0.1, 0.15) is 11.2 Å². The quantitative estimate of drug-likeness (QED) is 0.0967. The van der Waals surface area contributed by atoms with Gasteiger partial charge in [-0.3, -0.25) is 0 Å². The lowest BCUT2D eigenvalue weighted by atomic mass is 9.94. The number of hydrogen-bond donors (Lipinski definition) is 0. The minimum atomic E-state index is 0.630. The molecule has 0 aliphatic heterocycles. The number of benzene rings is 21. The normalized spacial score (nSPS) is 11.6. The van der Waals surface area contributed by atoms with Gasteiger partial charge in [-0.2, -0.15) is 0 Å². The van der Waals surface area contributed by atoms with E-state index in [0.29, 0.717) is 52.4 Å². The van der Waals surface area contributed by atoms with Crippen LogP contribution in [0.5, 0.6) is 0 Å². The van der Waals surface area contributed by atoms with Gasteiger partial charge in [0.05, 0.1) is 26.8 Å². The third-order valence-corrected chi connectivity index (χ3v) is 29.7. The molecule has 0 radical (unpaired) electrons. The number of thiophene rings is 2. The van der Waals surface area contributed by atoms with Crippen LogP contribution in [0.4, 0.5) is 0 Å². The van der Waals surface area contributed by atoms with Gasteiger partial charge in [-0.1, -0.05) is 406 Å². The van der Waals surface area contributed by atoms with E-state index in [4.69, 9.17) is 49.3 Å². The third kappa shape index (κ3) is 15.7. The molecule has 8 aromatic heterocycles. The van der Waals surface area contributed by atoms with Crippen LogP contribution in [0, 0.1) is 0 Å². The first-order valence-electron chi connectivity index (χ1n) is 48.4. The molecule has 0 aliphatic carbocycles. The summed E-state index contributed by atoms with van der Waals surface area (Å²) in [6, 6.07) is 172. The summed E-state index contributed by atoms with van der Waals surface area (Å²) in [5.41, 5.74) is 23.8. The van der Waals surface area contributed by atoms with Crippen molar-refractivity contribution in [2.24, 2.45) is 0 Å². The zero-order valence-corrected chi connectivity index (χ0v) is 79.5. The van der Waals surface area contributed by atoms with Gasteiger partial charge in [0.15, 0.2) is 52.4 Å². The van der Waals surface area contributed by atoms with E-state index in [2.05, 4.69) is 306 Å². The highest BCUT2D eigenvalue weighted by Gasteiger charge is 2.25. The molecule has 678 valence electrons. The Morgan fingerprint density at radius 3 is 1.08 bits per heavy atom. The molecule has 0 spiro atoms. The van der Waals surface area contributed by atoms with Gasteiger partial charge < -0.3 is 13.6 Å². The maximum atomic E-state index is 6.47. The van der Waals surface area contributed by atoms with Crippen molar-refractivity contribution in [3.63, 3.8) is 0 Å². The number of nitrogens with zero attached hydrogens (tertiary/aromatic N) is 11. The Morgan fingerprint density at radius 1 is 0.179 bits per heavy atom. The summed E-state index contributed by atoms with van der Waals surface area (Å²) in [7, 11) is 0. The molecule has 0 fully saturated rings. The molecule has 0 saturated heterocycles. The zero-order chi connectivity index (χ0) is 95.8. The van der Waals surface area contributed by atoms with Gasteiger partial charge in [0, 0.05) is 135 Å². The van der Waals surface area contributed by atoms with E-state index in [1.807, 2.05) is 217 Å². The molecule has 14 heteroatoms. The highest BCUT2D eigenvalue weighted by atomic mass is 32.1. The number of hydrogen-bond acceptors (Lipinski definition) is 12. The van der Waals surface area contributed by atoms with Crippen LogP contribution < -0.4 is 0 Å². The lowest BCUT2D eigenvalue weighted by molar-refractivity contribution is 0.670. The SMILES string of the molecule is c1ccc(-c2nc(-c3ccccc3)nc(-c3cccc(-c4ccc5c(ccc6ccc7sc8ccccc8c7c65)c4)c3)n2)cc1.c1ccc(-c2nc(-c3ccccc3)nc(-c3cccc(-c4cccc(-n5c6ccccc6c6ccc(-c7cccc8c7oc7ccccc78)cc65)c4)c3)n2)cc1.c1ccc(-c2nc(-c3ccccc3)nc(-c3cccc(-n4c5ccccc5c5ccc6c7ccccc7sc6c54)c3)n2)cc1. The number of furan rings is 1. The Kier molecular flexibility index (Phi) is 21.4. The predicted octanol–water partition coefficient (Wildman–Crippen LogP) is 34.8. The van der Waals surface area contributed by atoms with E-state index in [1.54, 1.807) is 0 Å². The molecule has 8 heterocycles. The first-order chi connectivity index (χ1) is 71.8. The second-order valence-corrected chi connectivity index (χ2v) is 38.3. The average Bonchev–Trinajstić information content (AvgIpc) is 1.56. The van der Waals surface area contributed by atoms with Crippen LogP contribution in [-0.4, -0.2) is 54.0 Å². The molecule has 0 N–H and O–H groups in total. The Morgan fingerprint density at radius 2 is 0.531 bits per heavy atom. The van der Waals surface area contributed by atoms with Gasteiger partial charge in [-0.15, -0.1) is 22.7 Å². The second-order valence-electron chi connectivity index (χ2n) is 36.2. The van der Waals surface area contributed by atoms with Crippen LogP contribution in [-0.2, 0) is 0 Å². The summed E-state index contributed by atoms with van der Waals surface area (Å²) in [5, 5.41) is 17.5. The number of rotatable bonds is 14. The molecule has 0 bridgehead atoms. The van der Waals surface area contributed by atoms with Crippen molar-refractivity contribution in [3.05, 3.63) is 491 Å². The second kappa shape index (κ2) is 36.3. The lowest BCUT2D eigenvalue weighted by Crippen LogP contribution is -2.01. The van der Waals surface area contributed by atoms with Gasteiger partial charge in [-0.05, 0) is 134 Å². The van der Waals surface area contributed by atoms with Crippen LogP contribution in [0.15, 0.2) is 496 Å². The summed E-state index contributed by atoms with van der Waals surface area (Å²) in [4.78, 5) is 44.5. The van der Waals surface area contributed by atoms with Crippen LogP contribution in [0.1, 0.15) is 0 Å². The molecule has 29 aromatic rings.